The standard InChI is InChI=1S/C18H19N3O5/c1-4-10(2)15(18(24)25-9-14-20-19-11(3)26-14)21-16(22)12-7-5-6-8-13(12)17(21)23/h5-8,10,15H,4,9H2,1-3H3. The molecule has 0 bridgehead atoms. The molecule has 2 atom stereocenters. The summed E-state index contributed by atoms with van der Waals surface area (Å²) in [6.45, 7) is 5.09. The Bertz CT molecular complexity index is 825. The minimum atomic E-state index is -1.02. The lowest BCUT2D eigenvalue weighted by Crippen LogP contribution is -2.49. The van der Waals surface area contributed by atoms with Gasteiger partial charge in [-0.2, -0.15) is 0 Å². The zero-order valence-corrected chi connectivity index (χ0v) is 14.8. The first-order valence-electron chi connectivity index (χ1n) is 8.36. The molecule has 2 aromatic rings. The van der Waals surface area contributed by atoms with Crippen LogP contribution in [0.1, 0.15) is 52.8 Å². The zero-order chi connectivity index (χ0) is 18.8. The van der Waals surface area contributed by atoms with E-state index in [1.54, 1.807) is 38.1 Å². The van der Waals surface area contributed by atoms with Gasteiger partial charge in [0, 0.05) is 6.92 Å². The lowest BCUT2D eigenvalue weighted by molar-refractivity contribution is -0.152. The quantitative estimate of drug-likeness (QED) is 0.576. The number of carbonyl (C=O) groups excluding carboxylic acids is 3. The van der Waals surface area contributed by atoms with Crippen LogP contribution in [0.4, 0.5) is 0 Å². The Hall–Kier alpha value is -3.03. The number of aromatic nitrogens is 2. The van der Waals surface area contributed by atoms with Crippen molar-refractivity contribution in [1.29, 1.82) is 0 Å². The first kappa shape index (κ1) is 17.8. The number of hydrogen-bond acceptors (Lipinski definition) is 7. The van der Waals surface area contributed by atoms with Gasteiger partial charge in [-0.25, -0.2) is 4.79 Å². The highest BCUT2D eigenvalue weighted by Crippen LogP contribution is 2.28. The van der Waals surface area contributed by atoms with Crippen LogP contribution in [0.3, 0.4) is 0 Å². The van der Waals surface area contributed by atoms with Crippen LogP contribution in [0.2, 0.25) is 0 Å². The van der Waals surface area contributed by atoms with E-state index in [-0.39, 0.29) is 18.4 Å². The number of hydrogen-bond donors (Lipinski definition) is 0. The van der Waals surface area contributed by atoms with Crippen LogP contribution in [0, 0.1) is 12.8 Å². The minimum Gasteiger partial charge on any atom is -0.454 e. The Kier molecular flexibility index (Phi) is 4.83. The van der Waals surface area contributed by atoms with E-state index in [0.717, 1.165) is 4.90 Å². The van der Waals surface area contributed by atoms with Gasteiger partial charge in [-0.05, 0) is 18.1 Å². The van der Waals surface area contributed by atoms with Crippen LogP contribution in [0.5, 0.6) is 0 Å². The van der Waals surface area contributed by atoms with Gasteiger partial charge in [0.2, 0.25) is 5.89 Å². The Morgan fingerprint density at radius 2 is 1.81 bits per heavy atom. The maximum Gasteiger partial charge on any atom is 0.330 e. The minimum absolute atomic E-state index is 0.154. The maximum absolute atomic E-state index is 12.7. The fourth-order valence-corrected chi connectivity index (χ4v) is 2.89. The molecule has 26 heavy (non-hydrogen) atoms. The summed E-state index contributed by atoms with van der Waals surface area (Å²) in [4.78, 5) is 39.1. The number of ether oxygens (including phenoxy) is 1. The number of fused-ring (bicyclic) bond motifs is 1. The average molecular weight is 357 g/mol. The van der Waals surface area contributed by atoms with E-state index in [1.165, 1.54) is 0 Å². The summed E-state index contributed by atoms with van der Waals surface area (Å²) in [6.07, 6.45) is 0.590. The highest BCUT2D eigenvalue weighted by atomic mass is 16.5. The molecule has 0 fully saturated rings. The molecule has 2 amide bonds. The fraction of sp³-hybridized carbons (Fsp3) is 0.389. The smallest absolute Gasteiger partial charge is 0.330 e. The Morgan fingerprint density at radius 3 is 2.31 bits per heavy atom. The molecular formula is C18H19N3O5. The monoisotopic (exact) mass is 357 g/mol. The van der Waals surface area contributed by atoms with Gasteiger partial charge in [0.15, 0.2) is 6.61 Å². The second kappa shape index (κ2) is 7.07. The van der Waals surface area contributed by atoms with E-state index >= 15 is 0 Å². The number of benzene rings is 1. The Labute approximate surface area is 150 Å². The molecular weight excluding hydrogens is 338 g/mol. The molecule has 2 unspecified atom stereocenters. The molecule has 1 aromatic heterocycles. The van der Waals surface area contributed by atoms with E-state index < -0.39 is 23.8 Å². The summed E-state index contributed by atoms with van der Waals surface area (Å²) < 4.78 is 10.4. The van der Waals surface area contributed by atoms with Gasteiger partial charge in [0.05, 0.1) is 11.1 Å². The number of rotatable bonds is 6. The van der Waals surface area contributed by atoms with Crippen molar-refractivity contribution in [3.63, 3.8) is 0 Å². The molecule has 8 heteroatoms. The number of imide groups is 1. The first-order valence-corrected chi connectivity index (χ1v) is 8.36. The summed E-state index contributed by atoms with van der Waals surface area (Å²) in [6, 6.07) is 5.51. The molecule has 8 nitrogen and oxygen atoms in total. The number of amides is 2. The summed E-state index contributed by atoms with van der Waals surface area (Å²) in [5.41, 5.74) is 0.595. The van der Waals surface area contributed by atoms with Crippen LogP contribution in [-0.4, -0.2) is 38.9 Å². The SMILES string of the molecule is CCC(C)C(C(=O)OCc1nnc(C)o1)N1C(=O)c2ccccc2C1=O. The molecule has 0 radical (unpaired) electrons. The van der Waals surface area contributed by atoms with Crippen molar-refractivity contribution in [2.24, 2.45) is 5.92 Å². The number of nitrogens with zero attached hydrogens (tertiary/aromatic N) is 3. The average Bonchev–Trinajstić information content (AvgIpc) is 3.17. The normalized spacial score (nSPS) is 15.7. The summed E-state index contributed by atoms with van der Waals surface area (Å²) in [5.74, 6) is -1.40. The predicted molar refractivity (Wildman–Crippen MR) is 89.0 cm³/mol. The maximum atomic E-state index is 12.7. The van der Waals surface area contributed by atoms with E-state index in [4.69, 9.17) is 9.15 Å². The van der Waals surface area contributed by atoms with Crippen molar-refractivity contribution in [2.75, 3.05) is 0 Å². The van der Waals surface area contributed by atoms with Crippen LogP contribution in [-0.2, 0) is 16.1 Å². The van der Waals surface area contributed by atoms with E-state index in [2.05, 4.69) is 10.2 Å². The molecule has 136 valence electrons. The van der Waals surface area contributed by atoms with Crippen LogP contribution >= 0.6 is 0 Å². The number of esters is 1. The van der Waals surface area contributed by atoms with Gasteiger partial charge >= 0.3 is 5.97 Å². The lowest BCUT2D eigenvalue weighted by Gasteiger charge is -2.28. The molecule has 0 spiro atoms. The van der Waals surface area contributed by atoms with Crippen LogP contribution in [0.15, 0.2) is 28.7 Å². The Morgan fingerprint density at radius 1 is 1.19 bits per heavy atom. The fourth-order valence-electron chi connectivity index (χ4n) is 2.89. The highest BCUT2D eigenvalue weighted by Gasteiger charge is 2.45. The van der Waals surface area contributed by atoms with Crippen molar-refractivity contribution in [2.45, 2.75) is 39.8 Å². The summed E-state index contributed by atoms with van der Waals surface area (Å²) in [5, 5.41) is 7.42. The van der Waals surface area contributed by atoms with Crippen molar-refractivity contribution in [1.82, 2.24) is 15.1 Å². The molecule has 1 aromatic carbocycles. The van der Waals surface area contributed by atoms with E-state index in [9.17, 15) is 14.4 Å². The molecule has 0 saturated carbocycles. The third-order valence-electron chi connectivity index (χ3n) is 4.43. The van der Waals surface area contributed by atoms with Gasteiger partial charge in [-0.15, -0.1) is 10.2 Å². The second-order valence-corrected chi connectivity index (χ2v) is 6.18. The topological polar surface area (TPSA) is 103 Å². The summed E-state index contributed by atoms with van der Waals surface area (Å²) in [7, 11) is 0. The molecule has 1 aliphatic heterocycles. The third kappa shape index (κ3) is 3.10. The lowest BCUT2D eigenvalue weighted by atomic mass is 9.97. The molecule has 0 aliphatic carbocycles. The highest BCUT2D eigenvalue weighted by molar-refractivity contribution is 6.22. The number of carbonyl (C=O) groups is 3. The Balaban J connectivity index is 1.83. The van der Waals surface area contributed by atoms with Gasteiger partial charge in [-0.3, -0.25) is 14.5 Å². The number of aryl methyl sites for hydroxylation is 1. The van der Waals surface area contributed by atoms with Gasteiger partial charge in [0.1, 0.15) is 6.04 Å². The van der Waals surface area contributed by atoms with Crippen molar-refractivity contribution < 1.29 is 23.5 Å². The molecule has 0 N–H and O–H groups in total. The summed E-state index contributed by atoms with van der Waals surface area (Å²) >= 11 is 0. The van der Waals surface area contributed by atoms with Crippen LogP contribution in [0.25, 0.3) is 0 Å². The predicted octanol–water partition coefficient (Wildman–Crippen LogP) is 2.13. The molecule has 1 aliphatic rings. The van der Waals surface area contributed by atoms with E-state index in [1.807, 2.05) is 6.92 Å². The second-order valence-electron chi connectivity index (χ2n) is 6.18. The van der Waals surface area contributed by atoms with Crippen molar-refractivity contribution in [3.8, 4) is 0 Å². The molecule has 0 saturated heterocycles. The van der Waals surface area contributed by atoms with Crippen molar-refractivity contribution in [3.05, 3.63) is 47.2 Å². The van der Waals surface area contributed by atoms with Gasteiger partial charge in [0.25, 0.3) is 17.7 Å². The zero-order valence-electron chi connectivity index (χ0n) is 14.8. The largest absolute Gasteiger partial charge is 0.454 e. The van der Waals surface area contributed by atoms with Gasteiger partial charge < -0.3 is 9.15 Å². The van der Waals surface area contributed by atoms with Crippen LogP contribution < -0.4 is 0 Å². The first-order chi connectivity index (χ1) is 12.4. The van der Waals surface area contributed by atoms with Crippen molar-refractivity contribution >= 4 is 17.8 Å². The van der Waals surface area contributed by atoms with Gasteiger partial charge in [-0.1, -0.05) is 32.4 Å². The van der Waals surface area contributed by atoms with E-state index in [0.29, 0.717) is 23.4 Å². The molecule has 3 rings (SSSR count). The molecule has 2 heterocycles. The third-order valence-corrected chi connectivity index (χ3v) is 4.43.